The molecule has 0 atom stereocenters. The minimum absolute atomic E-state index is 0.184. The maximum Gasteiger partial charge on any atom is 0.310 e. The molecule has 0 saturated heterocycles. The molecule has 14 heavy (non-hydrogen) atoms. The first kappa shape index (κ1) is 15.0. The molecule has 0 fully saturated rings. The number of hydrogen-bond donors (Lipinski definition) is 0. The fourth-order valence-electron chi connectivity index (χ4n) is 1.26. The molecule has 0 N–H and O–H groups in total. The van der Waals surface area contributed by atoms with Crippen molar-refractivity contribution in [1.29, 1.82) is 0 Å². The van der Waals surface area contributed by atoms with Gasteiger partial charge in [0.25, 0.3) is 0 Å². The molecule has 0 aliphatic carbocycles. The summed E-state index contributed by atoms with van der Waals surface area (Å²) in [5.74, 6) is 0. The SMILES string of the molecule is C[SiH2]O[SiH2][SiH2]O[Si](C)(C)O[Si](C)(C)C. The summed E-state index contributed by atoms with van der Waals surface area (Å²) >= 11 is 0. The summed E-state index contributed by atoms with van der Waals surface area (Å²) < 4.78 is 17.6. The van der Waals surface area contributed by atoms with E-state index < -0.39 is 16.9 Å². The van der Waals surface area contributed by atoms with Crippen molar-refractivity contribution < 1.29 is 12.3 Å². The summed E-state index contributed by atoms with van der Waals surface area (Å²) in [6.07, 6.45) is 0. The van der Waals surface area contributed by atoms with Crippen molar-refractivity contribution >= 4 is 45.2 Å². The highest BCUT2D eigenvalue weighted by atomic mass is 29.2. The zero-order chi connectivity index (χ0) is 11.2. The minimum Gasteiger partial charge on any atom is -0.466 e. The lowest BCUT2D eigenvalue weighted by Crippen LogP contribution is -2.46. The highest BCUT2D eigenvalue weighted by Crippen LogP contribution is 2.14. The standard InChI is InChI=1S/C6H24O3Si5/c1-10-7-11-12-8-14(5,6)9-13(2,3)4/h10-12H2,1-6H3. The van der Waals surface area contributed by atoms with Gasteiger partial charge in [0.05, 0.1) is 0 Å². The molecule has 0 radical (unpaired) electrons. The van der Waals surface area contributed by atoms with E-state index in [1.807, 2.05) is 0 Å². The molecule has 86 valence electrons. The summed E-state index contributed by atoms with van der Waals surface area (Å²) in [5, 5.41) is 0. The van der Waals surface area contributed by atoms with E-state index in [-0.39, 0.29) is 28.3 Å². The molecule has 0 heterocycles. The van der Waals surface area contributed by atoms with Crippen LogP contribution >= 0.6 is 0 Å². The largest absolute Gasteiger partial charge is 0.466 e. The molecule has 0 aromatic carbocycles. The Bertz CT molecular complexity index is 158. The summed E-state index contributed by atoms with van der Waals surface area (Å²) in [6.45, 7) is 13.2. The highest BCUT2D eigenvalue weighted by molar-refractivity contribution is 6.99. The smallest absolute Gasteiger partial charge is 0.310 e. The van der Waals surface area contributed by atoms with E-state index >= 15 is 0 Å². The van der Waals surface area contributed by atoms with Crippen LogP contribution < -0.4 is 0 Å². The first-order valence-corrected chi connectivity index (χ1v) is 18.6. The summed E-state index contributed by atoms with van der Waals surface area (Å²) in [6, 6.07) is 0. The average molecular weight is 285 g/mol. The van der Waals surface area contributed by atoms with Crippen LogP contribution in [0.2, 0.25) is 39.3 Å². The van der Waals surface area contributed by atoms with Crippen LogP contribution in [0.5, 0.6) is 0 Å². The van der Waals surface area contributed by atoms with Crippen LogP contribution in [-0.4, -0.2) is 45.2 Å². The fourth-order valence-corrected chi connectivity index (χ4v) is 20.7. The Morgan fingerprint density at radius 1 is 0.929 bits per heavy atom. The van der Waals surface area contributed by atoms with E-state index in [1.165, 1.54) is 0 Å². The molecule has 0 aliphatic rings. The molecular weight excluding hydrogens is 260 g/mol. The first-order valence-electron chi connectivity index (χ1n) is 5.19. The van der Waals surface area contributed by atoms with Crippen LogP contribution in [0.25, 0.3) is 0 Å². The van der Waals surface area contributed by atoms with Gasteiger partial charge in [-0.2, -0.15) is 0 Å². The van der Waals surface area contributed by atoms with Gasteiger partial charge in [0.15, 0.2) is 26.9 Å². The lowest BCUT2D eigenvalue weighted by atomic mass is 11.8. The van der Waals surface area contributed by atoms with Crippen molar-refractivity contribution in [2.75, 3.05) is 0 Å². The third-order valence-electron chi connectivity index (χ3n) is 1.43. The quantitative estimate of drug-likeness (QED) is 0.478. The van der Waals surface area contributed by atoms with Gasteiger partial charge in [-0.1, -0.05) is 6.55 Å². The van der Waals surface area contributed by atoms with Crippen molar-refractivity contribution in [2.45, 2.75) is 39.3 Å². The molecular formula is C6H24O3Si5. The van der Waals surface area contributed by atoms with Gasteiger partial charge in [-0.25, -0.2) is 0 Å². The van der Waals surface area contributed by atoms with Crippen LogP contribution in [0.4, 0.5) is 0 Å². The monoisotopic (exact) mass is 284 g/mol. The number of rotatable bonds is 7. The molecule has 0 saturated carbocycles. The maximum atomic E-state index is 6.07. The van der Waals surface area contributed by atoms with Gasteiger partial charge in [0.1, 0.15) is 9.76 Å². The lowest BCUT2D eigenvalue weighted by molar-refractivity contribution is 0.414. The predicted octanol–water partition coefficient (Wildman–Crippen LogP) is -0.213. The Balaban J connectivity index is 3.72. The molecule has 0 amide bonds. The van der Waals surface area contributed by atoms with Crippen LogP contribution in [0, 0.1) is 0 Å². The molecule has 8 heteroatoms. The predicted molar refractivity (Wildman–Crippen MR) is 75.6 cm³/mol. The zero-order valence-electron chi connectivity index (χ0n) is 10.3. The third-order valence-corrected chi connectivity index (χ3v) is 17.3. The van der Waals surface area contributed by atoms with E-state index in [1.54, 1.807) is 0 Å². The molecule has 0 bridgehead atoms. The van der Waals surface area contributed by atoms with Gasteiger partial charge < -0.3 is 12.3 Å². The molecule has 0 rings (SSSR count). The Morgan fingerprint density at radius 3 is 1.93 bits per heavy atom. The fraction of sp³-hybridized carbons (Fsp3) is 1.00. The second-order valence-electron chi connectivity index (χ2n) is 4.66. The van der Waals surface area contributed by atoms with Crippen LogP contribution in [0.3, 0.4) is 0 Å². The molecule has 0 unspecified atom stereocenters. The van der Waals surface area contributed by atoms with Crippen LogP contribution in [0.1, 0.15) is 0 Å². The van der Waals surface area contributed by atoms with Crippen LogP contribution in [-0.2, 0) is 12.3 Å². The minimum atomic E-state index is -1.80. The van der Waals surface area contributed by atoms with Crippen molar-refractivity contribution in [3.05, 3.63) is 0 Å². The normalized spacial score (nSPS) is 15.9. The highest BCUT2D eigenvalue weighted by Gasteiger charge is 2.30. The maximum absolute atomic E-state index is 6.07. The summed E-state index contributed by atoms with van der Waals surface area (Å²) in [7, 11) is -4.03. The van der Waals surface area contributed by atoms with Gasteiger partial charge in [-0.15, -0.1) is 0 Å². The van der Waals surface area contributed by atoms with Crippen molar-refractivity contribution in [3.8, 4) is 0 Å². The topological polar surface area (TPSA) is 27.7 Å². The Labute approximate surface area is 96.9 Å². The van der Waals surface area contributed by atoms with Gasteiger partial charge in [0.2, 0.25) is 0 Å². The number of hydrogen-bond acceptors (Lipinski definition) is 3. The van der Waals surface area contributed by atoms with Crippen molar-refractivity contribution in [2.24, 2.45) is 0 Å². The lowest BCUT2D eigenvalue weighted by Gasteiger charge is -2.31. The molecule has 0 spiro atoms. The van der Waals surface area contributed by atoms with E-state index in [9.17, 15) is 0 Å². The zero-order valence-corrected chi connectivity index (χ0v) is 16.6. The van der Waals surface area contributed by atoms with Gasteiger partial charge >= 0.3 is 8.56 Å². The Hall–Kier alpha value is 0.964. The Kier molecular flexibility index (Phi) is 6.98. The van der Waals surface area contributed by atoms with E-state index in [4.69, 9.17) is 12.3 Å². The average Bonchev–Trinajstić information content (AvgIpc) is 1.93. The van der Waals surface area contributed by atoms with Gasteiger partial charge in [-0.3, -0.25) is 0 Å². The summed E-state index contributed by atoms with van der Waals surface area (Å²) in [4.78, 5) is 0. The van der Waals surface area contributed by atoms with E-state index in [2.05, 4.69) is 39.3 Å². The molecule has 0 aromatic heterocycles. The first-order chi connectivity index (χ1) is 6.27. The molecule has 0 aliphatic heterocycles. The second kappa shape index (κ2) is 6.53. The van der Waals surface area contributed by atoms with Gasteiger partial charge in [0, 0.05) is 0 Å². The Morgan fingerprint density at radius 2 is 1.50 bits per heavy atom. The van der Waals surface area contributed by atoms with Crippen molar-refractivity contribution in [1.82, 2.24) is 0 Å². The van der Waals surface area contributed by atoms with E-state index in [0.29, 0.717) is 0 Å². The third kappa shape index (κ3) is 9.52. The van der Waals surface area contributed by atoms with Crippen molar-refractivity contribution in [3.63, 3.8) is 0 Å². The van der Waals surface area contributed by atoms with Crippen LogP contribution in [0.15, 0.2) is 0 Å². The summed E-state index contributed by atoms with van der Waals surface area (Å²) in [5.41, 5.74) is 0. The molecule has 0 aromatic rings. The molecule has 3 nitrogen and oxygen atoms in total. The second-order valence-corrected chi connectivity index (χ2v) is 19.1. The van der Waals surface area contributed by atoms with Gasteiger partial charge in [-0.05, 0) is 32.7 Å². The van der Waals surface area contributed by atoms with E-state index in [0.717, 1.165) is 0 Å².